The van der Waals surface area contributed by atoms with Gasteiger partial charge < -0.3 is 21.3 Å². The average molecular weight is 493 g/mol. The van der Waals surface area contributed by atoms with E-state index in [1.54, 1.807) is 36.4 Å². The molecule has 8 heteroatoms. The summed E-state index contributed by atoms with van der Waals surface area (Å²) < 4.78 is 0. The third-order valence-electron chi connectivity index (χ3n) is 5.78. The molecule has 192 valence electrons. The first kappa shape index (κ1) is 27.2. The van der Waals surface area contributed by atoms with E-state index in [-0.39, 0.29) is 52.7 Å². The quantitative estimate of drug-likeness (QED) is 0.287. The highest BCUT2D eigenvalue weighted by atomic mass is 16.2. The number of benzene rings is 2. The van der Waals surface area contributed by atoms with Crippen LogP contribution in [0.25, 0.3) is 0 Å². The zero-order chi connectivity index (χ0) is 26.2. The fourth-order valence-electron chi connectivity index (χ4n) is 4.06. The molecule has 0 radical (unpaired) electrons. The van der Waals surface area contributed by atoms with Crippen molar-refractivity contribution in [1.82, 2.24) is 10.6 Å². The summed E-state index contributed by atoms with van der Waals surface area (Å²) in [5.74, 6) is -0.263. The molecular formula is C28H36N4O4. The number of ketones is 2. The van der Waals surface area contributed by atoms with E-state index in [4.69, 9.17) is 0 Å². The minimum Gasteiger partial charge on any atom is -0.325 e. The minimum atomic E-state index is -0.401. The van der Waals surface area contributed by atoms with Gasteiger partial charge in [0.25, 0.3) is 0 Å². The van der Waals surface area contributed by atoms with Crippen molar-refractivity contribution in [2.75, 3.05) is 36.8 Å². The van der Waals surface area contributed by atoms with E-state index >= 15 is 0 Å². The van der Waals surface area contributed by atoms with Gasteiger partial charge in [0, 0.05) is 37.1 Å². The molecule has 0 heterocycles. The maximum absolute atomic E-state index is 13.6. The van der Waals surface area contributed by atoms with Crippen LogP contribution in [0.3, 0.4) is 0 Å². The Hall–Kier alpha value is -3.36. The summed E-state index contributed by atoms with van der Waals surface area (Å²) in [5, 5.41) is 12.0. The molecule has 2 aromatic carbocycles. The summed E-state index contributed by atoms with van der Waals surface area (Å²) in [6.07, 6.45) is 0.475. The summed E-state index contributed by atoms with van der Waals surface area (Å²) in [6, 6.07) is 9.72. The first-order valence-electron chi connectivity index (χ1n) is 12.6. The van der Waals surface area contributed by atoms with Crippen molar-refractivity contribution >= 4 is 34.8 Å². The summed E-state index contributed by atoms with van der Waals surface area (Å²) in [5.41, 5.74) is 1.38. The van der Waals surface area contributed by atoms with Crippen LogP contribution in [0, 0.1) is 11.8 Å². The van der Waals surface area contributed by atoms with Gasteiger partial charge in [0.05, 0.1) is 22.5 Å². The van der Waals surface area contributed by atoms with Crippen molar-refractivity contribution in [2.45, 2.75) is 40.5 Å². The van der Waals surface area contributed by atoms with E-state index in [9.17, 15) is 19.2 Å². The third kappa shape index (κ3) is 6.86. The molecule has 8 nitrogen and oxygen atoms in total. The fraction of sp³-hybridized carbons (Fsp3) is 0.429. The first-order valence-corrected chi connectivity index (χ1v) is 12.6. The van der Waals surface area contributed by atoms with Crippen molar-refractivity contribution < 1.29 is 19.2 Å². The van der Waals surface area contributed by atoms with Crippen LogP contribution in [0.15, 0.2) is 36.4 Å². The normalized spacial score (nSPS) is 12.5. The van der Waals surface area contributed by atoms with Crippen molar-refractivity contribution in [1.29, 1.82) is 0 Å². The number of carbonyl (C=O) groups excluding carboxylic acids is 4. The largest absolute Gasteiger partial charge is 0.325 e. The number of hydrogen-bond acceptors (Lipinski definition) is 6. The van der Waals surface area contributed by atoms with Crippen LogP contribution in [0.1, 0.15) is 72.4 Å². The van der Waals surface area contributed by atoms with Crippen LogP contribution in [0.4, 0.5) is 11.4 Å². The van der Waals surface area contributed by atoms with Crippen LogP contribution >= 0.6 is 0 Å². The van der Waals surface area contributed by atoms with E-state index in [0.29, 0.717) is 36.3 Å². The third-order valence-corrected chi connectivity index (χ3v) is 5.78. The van der Waals surface area contributed by atoms with Gasteiger partial charge >= 0.3 is 0 Å². The van der Waals surface area contributed by atoms with Gasteiger partial charge in [-0.25, -0.2) is 0 Å². The molecule has 0 aromatic heterocycles. The number of hydrogen-bond donors (Lipinski definition) is 4. The lowest BCUT2D eigenvalue weighted by Crippen LogP contribution is -2.28. The van der Waals surface area contributed by atoms with Crippen LogP contribution < -0.4 is 21.3 Å². The Kier molecular flexibility index (Phi) is 9.50. The highest BCUT2D eigenvalue weighted by Gasteiger charge is 2.34. The van der Waals surface area contributed by atoms with Crippen LogP contribution in [-0.2, 0) is 9.59 Å². The zero-order valence-electron chi connectivity index (χ0n) is 21.5. The summed E-state index contributed by atoms with van der Waals surface area (Å²) in [4.78, 5) is 52.0. The molecule has 2 aromatic rings. The monoisotopic (exact) mass is 492 g/mol. The highest BCUT2D eigenvalue weighted by Crippen LogP contribution is 2.35. The topological polar surface area (TPSA) is 116 Å². The van der Waals surface area contributed by atoms with Gasteiger partial charge in [0.15, 0.2) is 11.6 Å². The molecule has 1 aliphatic rings. The minimum absolute atomic E-state index is 0.152. The van der Waals surface area contributed by atoms with Gasteiger partial charge in [0.2, 0.25) is 11.8 Å². The second kappa shape index (κ2) is 12.6. The number of anilines is 2. The molecule has 2 amide bonds. The van der Waals surface area contributed by atoms with E-state index in [1.807, 2.05) is 0 Å². The van der Waals surface area contributed by atoms with Gasteiger partial charge in [-0.3, -0.25) is 19.2 Å². The Morgan fingerprint density at radius 1 is 0.667 bits per heavy atom. The molecule has 0 spiro atoms. The lowest BCUT2D eigenvalue weighted by Gasteiger charge is -2.22. The number of rotatable bonds is 12. The Bertz CT molecular complexity index is 1050. The van der Waals surface area contributed by atoms with Crippen molar-refractivity contribution in [2.24, 2.45) is 11.8 Å². The standard InChI is InChI=1S/C28H36N4O4/c1-17(2)15-29-13-11-23(33)31-21-9-5-7-19-25(21)28(36)26-20(27(19)35)8-6-10-22(26)32-24(34)12-14-30-16-18(3)4/h5-10,17-18,29-30H,11-16H2,1-4H3,(H,31,33)(H,32,34). The smallest absolute Gasteiger partial charge is 0.225 e. The summed E-state index contributed by atoms with van der Waals surface area (Å²) in [6.45, 7) is 11.0. The van der Waals surface area contributed by atoms with E-state index in [1.165, 1.54) is 0 Å². The number of fused-ring (bicyclic) bond motifs is 2. The molecule has 0 saturated carbocycles. The van der Waals surface area contributed by atoms with Crippen LogP contribution in [0.2, 0.25) is 0 Å². The second-order valence-electron chi connectivity index (χ2n) is 9.91. The molecule has 3 rings (SSSR count). The van der Waals surface area contributed by atoms with Crippen LogP contribution in [-0.4, -0.2) is 49.6 Å². The summed E-state index contributed by atoms with van der Waals surface area (Å²) in [7, 11) is 0. The lowest BCUT2D eigenvalue weighted by atomic mass is 9.82. The van der Waals surface area contributed by atoms with Gasteiger partial charge in [-0.05, 0) is 37.1 Å². The Morgan fingerprint density at radius 2 is 1.08 bits per heavy atom. The molecule has 36 heavy (non-hydrogen) atoms. The molecular weight excluding hydrogens is 456 g/mol. The van der Waals surface area contributed by atoms with Crippen molar-refractivity contribution in [3.63, 3.8) is 0 Å². The van der Waals surface area contributed by atoms with Crippen LogP contribution in [0.5, 0.6) is 0 Å². The predicted molar refractivity (Wildman–Crippen MR) is 142 cm³/mol. The summed E-state index contributed by atoms with van der Waals surface area (Å²) >= 11 is 0. The predicted octanol–water partition coefficient (Wildman–Crippen LogP) is 3.61. The van der Waals surface area contributed by atoms with Gasteiger partial charge in [-0.2, -0.15) is 0 Å². The maximum atomic E-state index is 13.6. The Morgan fingerprint density at radius 3 is 1.47 bits per heavy atom. The van der Waals surface area contributed by atoms with Gasteiger partial charge in [-0.15, -0.1) is 0 Å². The number of nitrogens with one attached hydrogen (secondary N) is 4. The fourth-order valence-corrected chi connectivity index (χ4v) is 4.06. The molecule has 0 unspecified atom stereocenters. The number of carbonyl (C=O) groups is 4. The van der Waals surface area contributed by atoms with Gasteiger partial charge in [-0.1, -0.05) is 52.0 Å². The Labute approximate surface area is 212 Å². The maximum Gasteiger partial charge on any atom is 0.225 e. The molecule has 1 aliphatic carbocycles. The molecule has 4 N–H and O–H groups in total. The SMILES string of the molecule is CC(C)CNCCC(=O)Nc1cccc2c1C(=O)c1c(NC(=O)CCNCC(C)C)cccc1C2=O. The van der Waals surface area contributed by atoms with Crippen molar-refractivity contribution in [3.8, 4) is 0 Å². The van der Waals surface area contributed by atoms with E-state index in [2.05, 4.69) is 49.0 Å². The Balaban J connectivity index is 1.78. The van der Waals surface area contributed by atoms with E-state index in [0.717, 1.165) is 13.1 Å². The van der Waals surface area contributed by atoms with Crippen molar-refractivity contribution in [3.05, 3.63) is 58.7 Å². The van der Waals surface area contributed by atoms with E-state index < -0.39 is 5.78 Å². The first-order chi connectivity index (χ1) is 17.2. The molecule has 0 aliphatic heterocycles. The molecule has 0 bridgehead atoms. The number of amides is 2. The van der Waals surface area contributed by atoms with Gasteiger partial charge in [0.1, 0.15) is 0 Å². The molecule has 0 atom stereocenters. The zero-order valence-corrected chi connectivity index (χ0v) is 21.5. The highest BCUT2D eigenvalue weighted by molar-refractivity contribution is 6.32. The second-order valence-corrected chi connectivity index (χ2v) is 9.91. The molecule has 0 fully saturated rings. The molecule has 0 saturated heterocycles. The average Bonchev–Trinajstić information content (AvgIpc) is 2.82. The lowest BCUT2D eigenvalue weighted by molar-refractivity contribution is -0.116.